The van der Waals surface area contributed by atoms with Gasteiger partial charge in [-0.3, -0.25) is 14.1 Å². The number of anilines is 1. The molecule has 0 aliphatic rings. The Hall–Kier alpha value is -3.89. The molecule has 0 aliphatic heterocycles. The third-order valence-corrected chi connectivity index (χ3v) is 6.44. The summed E-state index contributed by atoms with van der Waals surface area (Å²) < 4.78 is 3.31. The molecule has 0 saturated heterocycles. The highest BCUT2D eigenvalue weighted by molar-refractivity contribution is 7.13. The van der Waals surface area contributed by atoms with Crippen molar-refractivity contribution in [3.05, 3.63) is 76.2 Å². The number of aryl methyl sites for hydroxylation is 1. The van der Waals surface area contributed by atoms with E-state index in [1.165, 1.54) is 0 Å². The number of benzene rings is 2. The second kappa shape index (κ2) is 7.11. The highest BCUT2D eigenvalue weighted by Gasteiger charge is 2.20. The molecule has 0 aliphatic carbocycles. The molecule has 0 unspecified atom stereocenters. The maximum Gasteiger partial charge on any atom is 0.333 e. The lowest BCUT2D eigenvalue weighted by molar-refractivity contribution is 0.844. The monoisotopic (exact) mass is 425 g/mol. The van der Waals surface area contributed by atoms with Crippen LogP contribution in [0.15, 0.2) is 64.9 Å². The molecule has 0 N–H and O–H groups in total. The van der Waals surface area contributed by atoms with E-state index in [1.54, 1.807) is 45.8 Å². The Morgan fingerprint density at radius 2 is 1.97 bits per heavy atom. The minimum absolute atomic E-state index is 0.177. The van der Waals surface area contributed by atoms with E-state index < -0.39 is 0 Å². The minimum Gasteiger partial charge on any atom is -0.376 e. The van der Waals surface area contributed by atoms with E-state index in [9.17, 15) is 10.1 Å². The Kier molecular flexibility index (Phi) is 4.38. The Labute approximate surface area is 182 Å². The van der Waals surface area contributed by atoms with Crippen molar-refractivity contribution in [1.82, 2.24) is 14.1 Å². The molecule has 3 aromatic heterocycles. The van der Waals surface area contributed by atoms with Crippen LogP contribution < -0.4 is 10.6 Å². The fourth-order valence-corrected chi connectivity index (χ4v) is 4.69. The first-order chi connectivity index (χ1) is 15.0. The predicted octanol–water partition coefficient (Wildman–Crippen LogP) is 4.54. The molecule has 5 aromatic rings. The third-order valence-electron chi connectivity index (χ3n) is 5.52. The highest BCUT2D eigenvalue weighted by atomic mass is 32.1. The largest absolute Gasteiger partial charge is 0.376 e. The molecule has 5 rings (SSSR count). The van der Waals surface area contributed by atoms with E-state index in [0.717, 1.165) is 38.1 Å². The van der Waals surface area contributed by atoms with Gasteiger partial charge in [0.2, 0.25) is 0 Å². The highest BCUT2D eigenvalue weighted by Crippen LogP contribution is 2.33. The van der Waals surface area contributed by atoms with Gasteiger partial charge in [0, 0.05) is 31.4 Å². The van der Waals surface area contributed by atoms with Gasteiger partial charge in [-0.25, -0.2) is 4.79 Å². The van der Waals surface area contributed by atoms with Crippen LogP contribution in [0.1, 0.15) is 5.56 Å². The number of nitriles is 1. The summed E-state index contributed by atoms with van der Waals surface area (Å²) in [6.45, 7) is 0. The standard InChI is InChI=1S/C24H19N5OS/c1-27(2)19-9-6-15(13-25)11-20(19)29-23-17-12-16(22-5-4-10-31-22)7-8-18(17)26-14-21(23)28(3)24(29)30/h4-12,14H,1-3H3. The van der Waals surface area contributed by atoms with Crippen molar-refractivity contribution < 1.29 is 0 Å². The van der Waals surface area contributed by atoms with Crippen LogP contribution in [0.3, 0.4) is 0 Å². The van der Waals surface area contributed by atoms with Gasteiger partial charge in [0.25, 0.3) is 0 Å². The van der Waals surface area contributed by atoms with Crippen LogP contribution in [0.2, 0.25) is 0 Å². The van der Waals surface area contributed by atoms with Crippen LogP contribution in [0.25, 0.3) is 38.1 Å². The minimum atomic E-state index is -0.177. The molecule has 31 heavy (non-hydrogen) atoms. The number of rotatable bonds is 3. The average molecular weight is 426 g/mol. The normalized spacial score (nSPS) is 11.2. The lowest BCUT2D eigenvalue weighted by Gasteiger charge is -2.18. The van der Waals surface area contributed by atoms with Crippen molar-refractivity contribution in [2.24, 2.45) is 7.05 Å². The average Bonchev–Trinajstić information content (AvgIpc) is 3.40. The number of pyridine rings is 1. The fourth-order valence-electron chi connectivity index (χ4n) is 3.97. The Balaban J connectivity index is 1.94. The number of nitrogens with zero attached hydrogens (tertiary/aromatic N) is 5. The summed E-state index contributed by atoms with van der Waals surface area (Å²) in [5, 5.41) is 12.4. The molecule has 0 fully saturated rings. The van der Waals surface area contributed by atoms with Crippen LogP contribution in [0.4, 0.5) is 5.69 Å². The van der Waals surface area contributed by atoms with Crippen molar-refractivity contribution in [3.8, 4) is 22.2 Å². The lowest BCUT2D eigenvalue weighted by Crippen LogP contribution is -2.23. The zero-order valence-corrected chi connectivity index (χ0v) is 18.1. The number of fused-ring (bicyclic) bond motifs is 3. The van der Waals surface area contributed by atoms with E-state index in [1.807, 2.05) is 42.6 Å². The number of imidazole rings is 1. The number of thiophene rings is 1. The molecule has 3 heterocycles. The number of aromatic nitrogens is 3. The van der Waals surface area contributed by atoms with Crippen molar-refractivity contribution in [2.75, 3.05) is 19.0 Å². The van der Waals surface area contributed by atoms with Gasteiger partial charge in [0.05, 0.1) is 45.8 Å². The lowest BCUT2D eigenvalue weighted by atomic mass is 10.1. The summed E-state index contributed by atoms with van der Waals surface area (Å²) in [5.74, 6) is 0. The van der Waals surface area contributed by atoms with Gasteiger partial charge in [-0.1, -0.05) is 12.1 Å². The van der Waals surface area contributed by atoms with E-state index in [4.69, 9.17) is 0 Å². The van der Waals surface area contributed by atoms with Crippen LogP contribution in [0.5, 0.6) is 0 Å². The van der Waals surface area contributed by atoms with Gasteiger partial charge in [-0.15, -0.1) is 11.3 Å². The van der Waals surface area contributed by atoms with Crippen molar-refractivity contribution in [2.45, 2.75) is 0 Å². The molecule has 0 amide bonds. The Morgan fingerprint density at radius 3 is 2.68 bits per heavy atom. The van der Waals surface area contributed by atoms with E-state index in [-0.39, 0.29) is 5.69 Å². The molecule has 6 nitrogen and oxygen atoms in total. The zero-order valence-electron chi connectivity index (χ0n) is 17.3. The molecular weight excluding hydrogens is 406 g/mol. The van der Waals surface area contributed by atoms with Crippen molar-refractivity contribution in [1.29, 1.82) is 5.26 Å². The molecule has 2 aromatic carbocycles. The number of hydrogen-bond donors (Lipinski definition) is 0. The molecule has 0 atom stereocenters. The molecule has 0 bridgehead atoms. The van der Waals surface area contributed by atoms with Gasteiger partial charge < -0.3 is 4.90 Å². The van der Waals surface area contributed by atoms with Crippen molar-refractivity contribution in [3.63, 3.8) is 0 Å². The fraction of sp³-hybridized carbons (Fsp3) is 0.125. The predicted molar refractivity (Wildman–Crippen MR) is 126 cm³/mol. The van der Waals surface area contributed by atoms with E-state index in [2.05, 4.69) is 29.3 Å². The quantitative estimate of drug-likeness (QED) is 0.426. The topological polar surface area (TPSA) is 66.8 Å². The smallest absolute Gasteiger partial charge is 0.333 e. The third kappa shape index (κ3) is 2.92. The zero-order chi connectivity index (χ0) is 21.7. The Bertz CT molecular complexity index is 1550. The van der Waals surface area contributed by atoms with Crippen LogP contribution >= 0.6 is 11.3 Å². The van der Waals surface area contributed by atoms with E-state index >= 15 is 0 Å². The molecule has 7 heteroatoms. The maximum absolute atomic E-state index is 13.4. The SMILES string of the molecule is CN(C)c1ccc(C#N)cc1-n1c(=O)n(C)c2cnc3ccc(-c4cccs4)cc3c21. The summed E-state index contributed by atoms with van der Waals surface area (Å²) in [6.07, 6.45) is 1.74. The first-order valence-corrected chi connectivity index (χ1v) is 10.6. The van der Waals surface area contributed by atoms with Crippen molar-refractivity contribution >= 4 is 39.0 Å². The Morgan fingerprint density at radius 1 is 1.13 bits per heavy atom. The molecule has 152 valence electrons. The van der Waals surface area contributed by atoms with Gasteiger partial charge >= 0.3 is 5.69 Å². The van der Waals surface area contributed by atoms with Gasteiger partial charge in [0.1, 0.15) is 0 Å². The second-order valence-electron chi connectivity index (χ2n) is 7.59. The molecule has 0 saturated carbocycles. The summed E-state index contributed by atoms with van der Waals surface area (Å²) in [7, 11) is 5.60. The number of hydrogen-bond acceptors (Lipinski definition) is 5. The molecule has 0 spiro atoms. The summed E-state index contributed by atoms with van der Waals surface area (Å²) in [6, 6.07) is 17.8. The second-order valence-corrected chi connectivity index (χ2v) is 8.54. The molecular formula is C24H19N5OS. The van der Waals surface area contributed by atoms with Gasteiger partial charge in [0.15, 0.2) is 0 Å². The van der Waals surface area contributed by atoms with Gasteiger partial charge in [-0.2, -0.15) is 5.26 Å². The van der Waals surface area contributed by atoms with E-state index in [0.29, 0.717) is 11.3 Å². The van der Waals surface area contributed by atoms with Crippen LogP contribution in [-0.4, -0.2) is 28.2 Å². The first-order valence-electron chi connectivity index (χ1n) is 9.75. The summed E-state index contributed by atoms with van der Waals surface area (Å²) >= 11 is 1.67. The van der Waals surface area contributed by atoms with Gasteiger partial charge in [-0.05, 0) is 47.3 Å². The van der Waals surface area contributed by atoms with Crippen LogP contribution in [-0.2, 0) is 7.05 Å². The summed E-state index contributed by atoms with van der Waals surface area (Å²) in [5.41, 5.74) is 5.28. The molecule has 0 radical (unpaired) electrons. The first kappa shape index (κ1) is 19.1. The van der Waals surface area contributed by atoms with Crippen LogP contribution in [0, 0.1) is 11.3 Å². The maximum atomic E-state index is 13.4. The summed E-state index contributed by atoms with van der Waals surface area (Å²) in [4.78, 5) is 21.1.